The van der Waals surface area contributed by atoms with Gasteiger partial charge in [-0.05, 0) is 37.5 Å². The molecule has 1 amide bonds. The molecule has 0 aromatic heterocycles. The van der Waals surface area contributed by atoms with E-state index < -0.39 is 5.97 Å². The van der Waals surface area contributed by atoms with Crippen molar-refractivity contribution in [3.63, 3.8) is 0 Å². The first-order valence-corrected chi connectivity index (χ1v) is 6.72. The first-order valence-electron chi connectivity index (χ1n) is 6.72. The van der Waals surface area contributed by atoms with E-state index in [0.717, 1.165) is 12.8 Å². The number of aromatic carboxylic acids is 1. The van der Waals surface area contributed by atoms with E-state index in [0.29, 0.717) is 36.8 Å². The van der Waals surface area contributed by atoms with Gasteiger partial charge >= 0.3 is 5.97 Å². The van der Waals surface area contributed by atoms with Gasteiger partial charge in [0, 0.05) is 24.7 Å². The lowest BCUT2D eigenvalue weighted by Gasteiger charge is -2.10. The number of carboxylic acid groups (broad SMARTS) is 1. The lowest BCUT2D eigenvalue weighted by molar-refractivity contribution is -0.121. The molecule has 1 aromatic rings. The van der Waals surface area contributed by atoms with Crippen LogP contribution in [0.2, 0.25) is 0 Å². The molecule has 1 aliphatic rings. The first kappa shape index (κ1) is 14.2. The molecule has 6 nitrogen and oxygen atoms in total. The molecule has 0 heterocycles. The summed E-state index contributed by atoms with van der Waals surface area (Å²) in [6.45, 7) is 0.530. The normalized spacial score (nSPS) is 13.8. The maximum absolute atomic E-state index is 11.5. The minimum absolute atomic E-state index is 0.0559. The van der Waals surface area contributed by atoms with Crippen molar-refractivity contribution in [2.45, 2.75) is 31.7 Å². The van der Waals surface area contributed by atoms with Crippen molar-refractivity contribution in [2.24, 2.45) is 0 Å². The van der Waals surface area contributed by atoms with Gasteiger partial charge in [0.2, 0.25) is 5.91 Å². The summed E-state index contributed by atoms with van der Waals surface area (Å²) in [5, 5.41) is 15.0. The number of carbonyl (C=O) groups is 2. The molecule has 2 rings (SSSR count). The van der Waals surface area contributed by atoms with Crippen molar-refractivity contribution >= 4 is 23.3 Å². The number of hydrogen-bond acceptors (Lipinski definition) is 4. The third kappa shape index (κ3) is 4.15. The number of rotatable bonds is 7. The quantitative estimate of drug-likeness (QED) is 0.446. The Labute approximate surface area is 117 Å². The molecule has 0 saturated heterocycles. The fraction of sp³-hybridized carbons (Fsp3) is 0.429. The van der Waals surface area contributed by atoms with E-state index in [2.05, 4.69) is 10.6 Å². The monoisotopic (exact) mass is 277 g/mol. The minimum atomic E-state index is -1.00. The largest absolute Gasteiger partial charge is 0.478 e. The molecular weight excluding hydrogens is 258 g/mol. The smallest absolute Gasteiger partial charge is 0.337 e. The average molecular weight is 277 g/mol. The third-order valence-electron chi connectivity index (χ3n) is 3.11. The van der Waals surface area contributed by atoms with Crippen molar-refractivity contribution in [2.75, 3.05) is 17.6 Å². The highest BCUT2D eigenvalue weighted by atomic mass is 16.4. The maximum Gasteiger partial charge on any atom is 0.337 e. The van der Waals surface area contributed by atoms with E-state index >= 15 is 0 Å². The Bertz CT molecular complexity index is 512. The molecule has 1 aliphatic carbocycles. The van der Waals surface area contributed by atoms with Crippen LogP contribution in [0.3, 0.4) is 0 Å². The van der Waals surface area contributed by atoms with Crippen LogP contribution >= 0.6 is 0 Å². The van der Waals surface area contributed by atoms with Crippen LogP contribution in [0.1, 0.15) is 36.0 Å². The Morgan fingerprint density at radius 3 is 2.75 bits per heavy atom. The number of benzene rings is 1. The third-order valence-corrected chi connectivity index (χ3v) is 3.11. The second-order valence-corrected chi connectivity index (χ2v) is 4.98. The number of carboxylic acids is 1. The van der Waals surface area contributed by atoms with Gasteiger partial charge in [-0.25, -0.2) is 4.79 Å². The van der Waals surface area contributed by atoms with Gasteiger partial charge in [-0.2, -0.15) is 0 Å². The SMILES string of the molecule is Nc1ccc(C(=O)O)c(NCCCC(=O)NC2CC2)c1. The zero-order valence-corrected chi connectivity index (χ0v) is 11.2. The standard InChI is InChI=1S/C14H19N3O3/c15-9-3-6-11(14(19)20)12(8-9)16-7-1-2-13(18)17-10-4-5-10/h3,6,8,10,16H,1-2,4-5,7,15H2,(H,17,18)(H,19,20). The zero-order valence-electron chi connectivity index (χ0n) is 11.2. The maximum atomic E-state index is 11.5. The van der Waals surface area contributed by atoms with Crippen LogP contribution in [0.25, 0.3) is 0 Å². The lowest BCUT2D eigenvalue weighted by atomic mass is 10.1. The topological polar surface area (TPSA) is 104 Å². The van der Waals surface area contributed by atoms with Crippen molar-refractivity contribution < 1.29 is 14.7 Å². The number of nitrogens with one attached hydrogen (secondary N) is 2. The molecular formula is C14H19N3O3. The zero-order chi connectivity index (χ0) is 14.5. The molecule has 108 valence electrons. The fourth-order valence-electron chi connectivity index (χ4n) is 1.89. The highest BCUT2D eigenvalue weighted by Crippen LogP contribution is 2.20. The van der Waals surface area contributed by atoms with E-state index in [-0.39, 0.29) is 11.5 Å². The Morgan fingerprint density at radius 2 is 2.10 bits per heavy atom. The Balaban J connectivity index is 1.79. The molecule has 0 spiro atoms. The van der Waals surface area contributed by atoms with Gasteiger partial charge in [0.05, 0.1) is 11.3 Å². The molecule has 1 aromatic carbocycles. The van der Waals surface area contributed by atoms with Crippen LogP contribution < -0.4 is 16.4 Å². The number of anilines is 2. The lowest BCUT2D eigenvalue weighted by Crippen LogP contribution is -2.25. The van der Waals surface area contributed by atoms with Crippen LogP contribution in [0.15, 0.2) is 18.2 Å². The Kier molecular flexibility index (Phi) is 4.45. The number of carbonyl (C=O) groups excluding carboxylic acids is 1. The summed E-state index contributed by atoms with van der Waals surface area (Å²) in [5.74, 6) is -0.945. The number of nitrogen functional groups attached to an aromatic ring is 1. The van der Waals surface area contributed by atoms with Crippen molar-refractivity contribution in [3.8, 4) is 0 Å². The fourth-order valence-corrected chi connectivity index (χ4v) is 1.89. The summed E-state index contributed by atoms with van der Waals surface area (Å²) in [6, 6.07) is 4.99. The molecule has 0 radical (unpaired) electrons. The molecule has 5 N–H and O–H groups in total. The van der Waals surface area contributed by atoms with Gasteiger partial charge in [-0.3, -0.25) is 4.79 Å². The van der Waals surface area contributed by atoms with Gasteiger partial charge < -0.3 is 21.5 Å². The Hall–Kier alpha value is -2.24. The van der Waals surface area contributed by atoms with Gasteiger partial charge in [0.1, 0.15) is 0 Å². The molecule has 1 saturated carbocycles. The van der Waals surface area contributed by atoms with E-state index in [1.165, 1.54) is 6.07 Å². The van der Waals surface area contributed by atoms with Gasteiger partial charge in [0.15, 0.2) is 0 Å². The molecule has 0 bridgehead atoms. The molecule has 6 heteroatoms. The predicted molar refractivity (Wildman–Crippen MR) is 76.7 cm³/mol. The van der Waals surface area contributed by atoms with Gasteiger partial charge in [-0.15, -0.1) is 0 Å². The first-order chi connectivity index (χ1) is 9.56. The summed E-state index contributed by atoms with van der Waals surface area (Å²) in [5.41, 5.74) is 6.82. The van der Waals surface area contributed by atoms with Gasteiger partial charge in [0.25, 0.3) is 0 Å². The Morgan fingerprint density at radius 1 is 1.35 bits per heavy atom. The minimum Gasteiger partial charge on any atom is -0.478 e. The van der Waals surface area contributed by atoms with Crippen LogP contribution in [-0.2, 0) is 4.79 Å². The predicted octanol–water partition coefficient (Wildman–Crippen LogP) is 1.44. The molecule has 0 unspecified atom stereocenters. The molecule has 1 fully saturated rings. The highest BCUT2D eigenvalue weighted by molar-refractivity contribution is 5.95. The van der Waals surface area contributed by atoms with Gasteiger partial charge in [-0.1, -0.05) is 0 Å². The summed E-state index contributed by atoms with van der Waals surface area (Å²) in [4.78, 5) is 22.5. The van der Waals surface area contributed by atoms with Crippen LogP contribution in [0.5, 0.6) is 0 Å². The number of nitrogens with two attached hydrogens (primary N) is 1. The summed E-state index contributed by atoms with van der Waals surface area (Å²) in [6.07, 6.45) is 3.24. The van der Waals surface area contributed by atoms with E-state index in [1.54, 1.807) is 12.1 Å². The number of hydrogen-bond donors (Lipinski definition) is 4. The van der Waals surface area contributed by atoms with Crippen LogP contribution in [0, 0.1) is 0 Å². The number of amides is 1. The summed E-state index contributed by atoms with van der Waals surface area (Å²) >= 11 is 0. The van der Waals surface area contributed by atoms with E-state index in [9.17, 15) is 9.59 Å². The van der Waals surface area contributed by atoms with E-state index in [4.69, 9.17) is 10.8 Å². The second kappa shape index (κ2) is 6.27. The van der Waals surface area contributed by atoms with Crippen molar-refractivity contribution in [1.29, 1.82) is 0 Å². The van der Waals surface area contributed by atoms with Crippen molar-refractivity contribution in [3.05, 3.63) is 23.8 Å². The molecule has 0 atom stereocenters. The molecule has 0 aliphatic heterocycles. The molecule has 20 heavy (non-hydrogen) atoms. The second-order valence-electron chi connectivity index (χ2n) is 4.98. The van der Waals surface area contributed by atoms with E-state index in [1.807, 2.05) is 0 Å². The highest BCUT2D eigenvalue weighted by Gasteiger charge is 2.22. The van der Waals surface area contributed by atoms with Crippen LogP contribution in [0.4, 0.5) is 11.4 Å². The van der Waals surface area contributed by atoms with Crippen molar-refractivity contribution in [1.82, 2.24) is 5.32 Å². The average Bonchev–Trinajstić information content (AvgIpc) is 3.18. The summed E-state index contributed by atoms with van der Waals surface area (Å²) in [7, 11) is 0. The summed E-state index contributed by atoms with van der Waals surface area (Å²) < 4.78 is 0. The van der Waals surface area contributed by atoms with Crippen LogP contribution in [-0.4, -0.2) is 29.6 Å².